The summed E-state index contributed by atoms with van der Waals surface area (Å²) < 4.78 is 5.59. The first-order valence-corrected chi connectivity index (χ1v) is 9.99. The van der Waals surface area contributed by atoms with Crippen LogP contribution in [-0.4, -0.2) is 40.9 Å². The van der Waals surface area contributed by atoms with Gasteiger partial charge in [0.15, 0.2) is 5.11 Å². The number of anilines is 2. The average molecular weight is 404 g/mol. The van der Waals surface area contributed by atoms with Crippen LogP contribution < -0.4 is 15.5 Å². The van der Waals surface area contributed by atoms with Gasteiger partial charge in [-0.3, -0.25) is 0 Å². The molecule has 27 heavy (non-hydrogen) atoms. The number of aromatic nitrogens is 2. The van der Waals surface area contributed by atoms with E-state index in [9.17, 15) is 0 Å². The van der Waals surface area contributed by atoms with Crippen molar-refractivity contribution in [3.05, 3.63) is 46.6 Å². The van der Waals surface area contributed by atoms with Crippen molar-refractivity contribution in [2.75, 3.05) is 29.9 Å². The molecule has 1 aromatic carbocycles. The number of ether oxygens (including phenoxy) is 1. The lowest BCUT2D eigenvalue weighted by molar-refractivity contribution is 0.114. The Balaban J connectivity index is 1.41. The zero-order valence-corrected chi connectivity index (χ0v) is 16.5. The molecule has 8 heteroatoms. The van der Waals surface area contributed by atoms with Gasteiger partial charge >= 0.3 is 0 Å². The molecule has 2 aliphatic rings. The van der Waals surface area contributed by atoms with E-state index in [0.29, 0.717) is 22.8 Å². The van der Waals surface area contributed by atoms with E-state index in [2.05, 4.69) is 49.8 Å². The molecule has 3 heterocycles. The maximum Gasteiger partial charge on any atom is 0.232 e. The lowest BCUT2D eigenvalue weighted by Crippen LogP contribution is -2.35. The SMILES string of the molecule is S=C(NC[C@H]1CCCO1)Nc1nc(Cl)cc(N2CCc3ccccc3C2)n1. The molecule has 1 atom stereocenters. The lowest BCUT2D eigenvalue weighted by Gasteiger charge is -2.30. The highest BCUT2D eigenvalue weighted by Gasteiger charge is 2.19. The molecule has 2 N–H and O–H groups in total. The van der Waals surface area contributed by atoms with Crippen LogP contribution in [0.25, 0.3) is 0 Å². The van der Waals surface area contributed by atoms with Crippen molar-refractivity contribution in [3.63, 3.8) is 0 Å². The predicted molar refractivity (Wildman–Crippen MR) is 111 cm³/mol. The number of thiocarbonyl (C=S) groups is 1. The molecule has 1 saturated heterocycles. The van der Waals surface area contributed by atoms with Crippen LogP contribution in [0, 0.1) is 0 Å². The van der Waals surface area contributed by atoms with E-state index in [-0.39, 0.29) is 6.10 Å². The van der Waals surface area contributed by atoms with E-state index < -0.39 is 0 Å². The van der Waals surface area contributed by atoms with Crippen molar-refractivity contribution in [1.82, 2.24) is 15.3 Å². The molecule has 0 spiro atoms. The topological polar surface area (TPSA) is 62.3 Å². The third-order valence-electron chi connectivity index (χ3n) is 4.88. The highest BCUT2D eigenvalue weighted by Crippen LogP contribution is 2.25. The molecule has 0 radical (unpaired) electrons. The average Bonchev–Trinajstić information content (AvgIpc) is 3.19. The van der Waals surface area contributed by atoms with Gasteiger partial charge in [0.1, 0.15) is 11.0 Å². The van der Waals surface area contributed by atoms with Gasteiger partial charge in [-0.15, -0.1) is 0 Å². The van der Waals surface area contributed by atoms with E-state index >= 15 is 0 Å². The monoisotopic (exact) mass is 403 g/mol. The minimum Gasteiger partial charge on any atom is -0.376 e. The lowest BCUT2D eigenvalue weighted by atomic mass is 10.00. The van der Waals surface area contributed by atoms with Crippen LogP contribution in [0.15, 0.2) is 30.3 Å². The van der Waals surface area contributed by atoms with Crippen molar-refractivity contribution in [3.8, 4) is 0 Å². The second kappa shape index (κ2) is 8.37. The molecule has 2 aromatic rings. The summed E-state index contributed by atoms with van der Waals surface area (Å²) in [6.45, 7) is 3.21. The first-order chi connectivity index (χ1) is 13.2. The van der Waals surface area contributed by atoms with Gasteiger partial charge in [-0.25, -0.2) is 4.98 Å². The van der Waals surface area contributed by atoms with Gasteiger partial charge in [-0.1, -0.05) is 35.9 Å². The number of nitrogens with zero attached hydrogens (tertiary/aromatic N) is 3. The summed E-state index contributed by atoms with van der Waals surface area (Å²) in [5.41, 5.74) is 2.72. The zero-order chi connectivity index (χ0) is 18.6. The first kappa shape index (κ1) is 18.4. The summed E-state index contributed by atoms with van der Waals surface area (Å²) in [4.78, 5) is 11.1. The second-order valence-corrected chi connectivity index (χ2v) is 7.58. The third-order valence-corrected chi connectivity index (χ3v) is 5.32. The number of hydrogen-bond donors (Lipinski definition) is 2. The van der Waals surface area contributed by atoms with Crippen molar-refractivity contribution >= 4 is 40.7 Å². The van der Waals surface area contributed by atoms with Gasteiger partial charge in [0.2, 0.25) is 5.95 Å². The Kier molecular flexibility index (Phi) is 5.71. The molecule has 4 rings (SSSR count). The van der Waals surface area contributed by atoms with E-state index in [1.165, 1.54) is 11.1 Å². The Labute approximate surface area is 169 Å². The first-order valence-electron chi connectivity index (χ1n) is 9.20. The van der Waals surface area contributed by atoms with Crippen LogP contribution >= 0.6 is 23.8 Å². The highest BCUT2D eigenvalue weighted by atomic mass is 35.5. The largest absolute Gasteiger partial charge is 0.376 e. The van der Waals surface area contributed by atoms with Crippen molar-refractivity contribution in [2.45, 2.75) is 31.9 Å². The van der Waals surface area contributed by atoms with Crippen molar-refractivity contribution < 1.29 is 4.74 Å². The van der Waals surface area contributed by atoms with Crippen LogP contribution in [-0.2, 0) is 17.7 Å². The van der Waals surface area contributed by atoms with Gasteiger partial charge in [0.25, 0.3) is 0 Å². The summed E-state index contributed by atoms with van der Waals surface area (Å²) in [7, 11) is 0. The number of rotatable bonds is 4. The zero-order valence-electron chi connectivity index (χ0n) is 14.9. The normalized spacial score (nSPS) is 18.9. The van der Waals surface area contributed by atoms with Crippen LogP contribution in [0.3, 0.4) is 0 Å². The summed E-state index contributed by atoms with van der Waals surface area (Å²) >= 11 is 11.6. The van der Waals surface area contributed by atoms with Crippen LogP contribution in [0.1, 0.15) is 24.0 Å². The Morgan fingerprint density at radius 2 is 2.15 bits per heavy atom. The highest BCUT2D eigenvalue weighted by molar-refractivity contribution is 7.80. The van der Waals surface area contributed by atoms with E-state index in [0.717, 1.165) is 44.8 Å². The number of nitrogens with one attached hydrogen (secondary N) is 2. The molecule has 1 aromatic heterocycles. The molecule has 0 unspecified atom stereocenters. The number of fused-ring (bicyclic) bond motifs is 1. The molecule has 0 bridgehead atoms. The van der Waals surface area contributed by atoms with Crippen LogP contribution in [0.2, 0.25) is 5.15 Å². The predicted octanol–water partition coefficient (Wildman–Crippen LogP) is 3.16. The number of hydrogen-bond acceptors (Lipinski definition) is 5. The molecule has 6 nitrogen and oxygen atoms in total. The number of benzene rings is 1. The van der Waals surface area contributed by atoms with Crippen LogP contribution in [0.4, 0.5) is 11.8 Å². The maximum absolute atomic E-state index is 6.23. The molecule has 2 aliphatic heterocycles. The quantitative estimate of drug-likeness (QED) is 0.600. The summed E-state index contributed by atoms with van der Waals surface area (Å²) in [5.74, 6) is 1.20. The third kappa shape index (κ3) is 4.66. The van der Waals surface area contributed by atoms with E-state index in [1.54, 1.807) is 6.07 Å². The maximum atomic E-state index is 6.23. The van der Waals surface area contributed by atoms with Gasteiger partial charge < -0.3 is 20.3 Å². The minimum absolute atomic E-state index is 0.217. The molecular weight excluding hydrogens is 382 g/mol. The van der Waals surface area contributed by atoms with Crippen LogP contribution in [0.5, 0.6) is 0 Å². The fraction of sp³-hybridized carbons (Fsp3) is 0.421. The Morgan fingerprint density at radius 1 is 1.30 bits per heavy atom. The second-order valence-electron chi connectivity index (χ2n) is 6.78. The van der Waals surface area contributed by atoms with Gasteiger partial charge in [-0.2, -0.15) is 4.98 Å². The Morgan fingerprint density at radius 3 is 2.96 bits per heavy atom. The Hall–Kier alpha value is -1.96. The van der Waals surface area contributed by atoms with E-state index in [4.69, 9.17) is 28.6 Å². The molecule has 0 aliphatic carbocycles. The molecule has 0 amide bonds. The molecule has 1 fully saturated rings. The van der Waals surface area contributed by atoms with Crippen molar-refractivity contribution in [2.24, 2.45) is 0 Å². The van der Waals surface area contributed by atoms with Gasteiger partial charge in [-0.05, 0) is 42.6 Å². The molecule has 142 valence electrons. The minimum atomic E-state index is 0.217. The standard InChI is InChI=1S/C19H22ClN5OS/c20-16-10-17(25-8-7-13-4-1-2-5-14(13)12-25)23-18(22-16)24-19(27)21-11-15-6-3-9-26-15/h1-2,4-5,10,15H,3,6-9,11-12H2,(H2,21,22,23,24,27)/t15-/m1/s1. The van der Waals surface area contributed by atoms with Gasteiger partial charge in [0, 0.05) is 32.3 Å². The summed E-state index contributed by atoms with van der Waals surface area (Å²) in [6, 6.07) is 10.3. The molecule has 0 saturated carbocycles. The smallest absolute Gasteiger partial charge is 0.232 e. The molecular formula is C19H22ClN5OS. The summed E-state index contributed by atoms with van der Waals surface area (Å²) in [6.07, 6.45) is 3.37. The Bertz CT molecular complexity index is 827. The fourth-order valence-corrected chi connectivity index (χ4v) is 3.82. The van der Waals surface area contributed by atoms with Gasteiger partial charge in [0.05, 0.1) is 6.10 Å². The van der Waals surface area contributed by atoms with Crippen molar-refractivity contribution in [1.29, 1.82) is 0 Å². The van der Waals surface area contributed by atoms with E-state index in [1.807, 2.05) is 0 Å². The number of halogens is 1. The summed E-state index contributed by atoms with van der Waals surface area (Å²) in [5, 5.41) is 7.07. The fourth-order valence-electron chi connectivity index (χ4n) is 3.47.